The van der Waals surface area contributed by atoms with Crippen molar-refractivity contribution in [3.63, 3.8) is 0 Å². The molecule has 2 aliphatic heterocycles. The van der Waals surface area contributed by atoms with E-state index in [9.17, 15) is 14.0 Å². The van der Waals surface area contributed by atoms with E-state index in [4.69, 9.17) is 11.6 Å². The van der Waals surface area contributed by atoms with Gasteiger partial charge in [0.15, 0.2) is 0 Å². The van der Waals surface area contributed by atoms with E-state index < -0.39 is 5.82 Å². The molecule has 1 fully saturated rings. The standard InChI is InChI=1S/C20H19ClFN3O2/c1-24-17-9-12(5-7-15(17)20(27)25-8-2-3-18(24)25)19(26)23-11-13-4-6-14(22)10-16(13)21/h4-7,9-10,18H,2-3,8,11H2,1H3,(H,23,26)/t18-/m1/s1. The molecule has 7 heteroatoms. The molecular formula is C20H19ClFN3O2. The number of nitrogens with one attached hydrogen (secondary N) is 1. The molecule has 1 atom stereocenters. The van der Waals surface area contributed by atoms with E-state index >= 15 is 0 Å². The summed E-state index contributed by atoms with van der Waals surface area (Å²) in [5, 5.41) is 3.07. The predicted molar refractivity (Wildman–Crippen MR) is 101 cm³/mol. The van der Waals surface area contributed by atoms with Crippen molar-refractivity contribution < 1.29 is 14.0 Å². The van der Waals surface area contributed by atoms with Gasteiger partial charge >= 0.3 is 0 Å². The Labute approximate surface area is 161 Å². The molecule has 0 spiro atoms. The van der Waals surface area contributed by atoms with Gasteiger partial charge in [-0.1, -0.05) is 17.7 Å². The Morgan fingerprint density at radius 1 is 1.30 bits per heavy atom. The van der Waals surface area contributed by atoms with Crippen molar-refractivity contribution in [2.45, 2.75) is 25.6 Å². The van der Waals surface area contributed by atoms with Crippen LogP contribution in [0, 0.1) is 5.82 Å². The zero-order valence-corrected chi connectivity index (χ0v) is 15.6. The van der Waals surface area contributed by atoms with Gasteiger partial charge in [0.25, 0.3) is 11.8 Å². The van der Waals surface area contributed by atoms with Gasteiger partial charge in [0.05, 0.1) is 11.3 Å². The highest BCUT2D eigenvalue weighted by atomic mass is 35.5. The highest BCUT2D eigenvalue weighted by Crippen LogP contribution is 2.35. The maximum Gasteiger partial charge on any atom is 0.257 e. The summed E-state index contributed by atoms with van der Waals surface area (Å²) in [6.45, 7) is 0.966. The molecule has 2 heterocycles. The molecule has 2 aromatic rings. The van der Waals surface area contributed by atoms with Crippen molar-refractivity contribution in [2.75, 3.05) is 18.5 Å². The molecule has 1 saturated heterocycles. The predicted octanol–water partition coefficient (Wildman–Crippen LogP) is 3.42. The number of anilines is 1. The molecule has 0 saturated carbocycles. The summed E-state index contributed by atoms with van der Waals surface area (Å²) in [5.41, 5.74) is 2.50. The maximum atomic E-state index is 13.1. The van der Waals surface area contributed by atoms with Gasteiger partial charge in [0, 0.05) is 30.7 Å². The first-order valence-electron chi connectivity index (χ1n) is 8.85. The summed E-state index contributed by atoms with van der Waals surface area (Å²) < 4.78 is 13.1. The molecule has 1 N–H and O–H groups in total. The van der Waals surface area contributed by atoms with Crippen LogP contribution in [0.2, 0.25) is 5.02 Å². The lowest BCUT2D eigenvalue weighted by Crippen LogP contribution is -2.50. The van der Waals surface area contributed by atoms with Gasteiger partial charge in [0.2, 0.25) is 0 Å². The van der Waals surface area contributed by atoms with E-state index in [1.807, 2.05) is 11.9 Å². The molecule has 0 aliphatic carbocycles. The normalized spacial score (nSPS) is 18.3. The topological polar surface area (TPSA) is 52.7 Å². The number of carbonyl (C=O) groups is 2. The number of fused-ring (bicyclic) bond motifs is 2. The quantitative estimate of drug-likeness (QED) is 0.878. The Hall–Kier alpha value is -2.60. The molecule has 2 aromatic carbocycles. The minimum atomic E-state index is -0.418. The molecule has 0 bridgehead atoms. The summed E-state index contributed by atoms with van der Waals surface area (Å²) >= 11 is 6.00. The minimum absolute atomic E-state index is 0.0238. The van der Waals surface area contributed by atoms with Gasteiger partial charge in [-0.3, -0.25) is 9.59 Å². The Kier molecular flexibility index (Phi) is 4.52. The molecule has 2 amide bonds. The third kappa shape index (κ3) is 3.14. The number of carbonyl (C=O) groups excluding carboxylic acids is 2. The van der Waals surface area contributed by atoms with Crippen LogP contribution in [-0.2, 0) is 6.54 Å². The van der Waals surface area contributed by atoms with E-state index in [1.165, 1.54) is 12.1 Å². The van der Waals surface area contributed by atoms with E-state index in [-0.39, 0.29) is 29.5 Å². The lowest BCUT2D eigenvalue weighted by molar-refractivity contribution is 0.0719. The number of nitrogens with zero attached hydrogens (tertiary/aromatic N) is 2. The van der Waals surface area contributed by atoms with Crippen LogP contribution >= 0.6 is 11.6 Å². The van der Waals surface area contributed by atoms with Gasteiger partial charge < -0.3 is 15.1 Å². The molecule has 140 valence electrons. The van der Waals surface area contributed by atoms with Gasteiger partial charge in [-0.15, -0.1) is 0 Å². The van der Waals surface area contributed by atoms with Crippen LogP contribution in [0.3, 0.4) is 0 Å². The van der Waals surface area contributed by atoms with Crippen LogP contribution in [0.15, 0.2) is 36.4 Å². The van der Waals surface area contributed by atoms with Crippen molar-refractivity contribution in [3.8, 4) is 0 Å². The Morgan fingerprint density at radius 3 is 2.89 bits per heavy atom. The minimum Gasteiger partial charge on any atom is -0.354 e. The second kappa shape index (κ2) is 6.85. The second-order valence-electron chi connectivity index (χ2n) is 6.88. The monoisotopic (exact) mass is 387 g/mol. The van der Waals surface area contributed by atoms with Crippen LogP contribution in [0.25, 0.3) is 0 Å². The lowest BCUT2D eigenvalue weighted by atomic mass is 10.0. The molecule has 2 aliphatic rings. The zero-order chi connectivity index (χ0) is 19.1. The molecular weight excluding hydrogens is 369 g/mol. The number of hydrogen-bond acceptors (Lipinski definition) is 3. The van der Waals surface area contributed by atoms with Gasteiger partial charge in [-0.25, -0.2) is 4.39 Å². The first kappa shape index (κ1) is 17.8. The van der Waals surface area contributed by atoms with Crippen molar-refractivity contribution >= 4 is 29.1 Å². The van der Waals surface area contributed by atoms with Crippen molar-refractivity contribution in [3.05, 3.63) is 63.9 Å². The van der Waals surface area contributed by atoms with Crippen LogP contribution in [0.4, 0.5) is 10.1 Å². The van der Waals surface area contributed by atoms with Crippen molar-refractivity contribution in [1.29, 1.82) is 0 Å². The molecule has 0 aromatic heterocycles. The van der Waals surface area contributed by atoms with Crippen LogP contribution in [-0.4, -0.2) is 36.5 Å². The van der Waals surface area contributed by atoms with Crippen LogP contribution < -0.4 is 10.2 Å². The molecule has 27 heavy (non-hydrogen) atoms. The molecule has 4 rings (SSSR count). The summed E-state index contributed by atoms with van der Waals surface area (Å²) in [6, 6.07) is 9.19. The van der Waals surface area contributed by atoms with E-state index in [0.29, 0.717) is 16.7 Å². The third-order valence-electron chi connectivity index (χ3n) is 5.25. The number of benzene rings is 2. The van der Waals surface area contributed by atoms with Gasteiger partial charge in [-0.05, 0) is 48.7 Å². The fourth-order valence-electron chi connectivity index (χ4n) is 3.79. The van der Waals surface area contributed by atoms with E-state index in [0.717, 1.165) is 25.1 Å². The smallest absolute Gasteiger partial charge is 0.257 e. The highest BCUT2D eigenvalue weighted by Gasteiger charge is 2.38. The van der Waals surface area contributed by atoms with Crippen molar-refractivity contribution in [2.24, 2.45) is 0 Å². The SMILES string of the molecule is CN1c2cc(C(=O)NCc3ccc(F)cc3Cl)ccc2C(=O)N2CCC[C@@H]21. The fourth-order valence-corrected chi connectivity index (χ4v) is 4.03. The van der Waals surface area contributed by atoms with Gasteiger partial charge in [-0.2, -0.15) is 0 Å². The number of hydrogen-bond donors (Lipinski definition) is 1. The summed E-state index contributed by atoms with van der Waals surface area (Å²) in [4.78, 5) is 29.2. The summed E-state index contributed by atoms with van der Waals surface area (Å²) in [7, 11) is 1.95. The van der Waals surface area contributed by atoms with E-state index in [2.05, 4.69) is 10.2 Å². The fraction of sp³-hybridized carbons (Fsp3) is 0.300. The van der Waals surface area contributed by atoms with Crippen molar-refractivity contribution in [1.82, 2.24) is 10.2 Å². The van der Waals surface area contributed by atoms with E-state index in [1.54, 1.807) is 24.3 Å². The molecule has 5 nitrogen and oxygen atoms in total. The first-order valence-corrected chi connectivity index (χ1v) is 9.23. The van der Waals surface area contributed by atoms with Gasteiger partial charge in [0.1, 0.15) is 12.0 Å². The number of amides is 2. The largest absolute Gasteiger partial charge is 0.354 e. The Balaban J connectivity index is 1.54. The van der Waals surface area contributed by atoms with Crippen LogP contribution in [0.5, 0.6) is 0 Å². The zero-order valence-electron chi connectivity index (χ0n) is 14.8. The average molecular weight is 388 g/mol. The molecule has 0 radical (unpaired) electrons. The highest BCUT2D eigenvalue weighted by molar-refractivity contribution is 6.31. The Morgan fingerprint density at radius 2 is 2.11 bits per heavy atom. The Bertz CT molecular complexity index is 933. The lowest BCUT2D eigenvalue weighted by Gasteiger charge is -2.40. The second-order valence-corrected chi connectivity index (χ2v) is 7.29. The summed E-state index contributed by atoms with van der Waals surface area (Å²) in [6.07, 6.45) is 1.98. The van der Waals surface area contributed by atoms with Crippen LogP contribution in [0.1, 0.15) is 39.1 Å². The first-order chi connectivity index (χ1) is 13.0. The number of halogens is 2. The average Bonchev–Trinajstić information content (AvgIpc) is 3.15. The summed E-state index contributed by atoms with van der Waals surface area (Å²) in [5.74, 6) is -0.665. The third-order valence-corrected chi connectivity index (χ3v) is 5.61. The maximum absolute atomic E-state index is 13.1. The number of rotatable bonds is 3. The molecule has 0 unspecified atom stereocenters.